The van der Waals surface area contributed by atoms with E-state index < -0.39 is 0 Å². The Hall–Kier alpha value is -3.29. The summed E-state index contributed by atoms with van der Waals surface area (Å²) in [5.74, 6) is -0.0375. The molecule has 2 aromatic carbocycles. The third-order valence-corrected chi connectivity index (χ3v) is 6.92. The van der Waals surface area contributed by atoms with Crippen LogP contribution < -0.4 is 4.90 Å². The van der Waals surface area contributed by atoms with E-state index in [4.69, 9.17) is 9.73 Å². The van der Waals surface area contributed by atoms with Crippen LogP contribution >= 0.6 is 11.8 Å². The van der Waals surface area contributed by atoms with Crippen LogP contribution in [0.15, 0.2) is 70.6 Å². The maximum atomic E-state index is 13.4. The number of hydrogen-bond donors (Lipinski definition) is 0. The molecule has 7 heteroatoms. The average Bonchev–Trinajstić information content (AvgIpc) is 3.29. The van der Waals surface area contributed by atoms with E-state index in [-0.39, 0.29) is 5.91 Å². The van der Waals surface area contributed by atoms with Gasteiger partial charge in [0.05, 0.1) is 23.7 Å². The Bertz CT molecular complexity index is 1240. The number of rotatable bonds is 8. The van der Waals surface area contributed by atoms with Crippen molar-refractivity contribution in [1.82, 2.24) is 9.47 Å². The summed E-state index contributed by atoms with van der Waals surface area (Å²) < 4.78 is 7.75. The van der Waals surface area contributed by atoms with Gasteiger partial charge in [0.15, 0.2) is 5.17 Å². The number of hydrogen-bond acceptors (Lipinski definition) is 5. The number of anilines is 1. The molecule has 1 fully saturated rings. The molecular formula is C28H32N4O2S. The molecule has 1 aliphatic heterocycles. The van der Waals surface area contributed by atoms with Crippen molar-refractivity contribution in [2.75, 3.05) is 38.8 Å². The molecule has 3 aromatic rings. The molecule has 1 aromatic heterocycles. The molecule has 6 nitrogen and oxygen atoms in total. The highest BCUT2D eigenvalue weighted by molar-refractivity contribution is 8.18. The van der Waals surface area contributed by atoms with Gasteiger partial charge in [-0.2, -0.15) is 0 Å². The van der Waals surface area contributed by atoms with Gasteiger partial charge < -0.3 is 14.2 Å². The van der Waals surface area contributed by atoms with Crippen LogP contribution in [0, 0.1) is 13.8 Å². The van der Waals surface area contributed by atoms with Crippen molar-refractivity contribution < 1.29 is 9.53 Å². The lowest BCUT2D eigenvalue weighted by Gasteiger charge is -2.15. The number of amidine groups is 1. The number of aliphatic imine (C=N–C) groups is 1. The first-order valence-electron chi connectivity index (χ1n) is 11.8. The first kappa shape index (κ1) is 24.8. The van der Waals surface area contributed by atoms with Gasteiger partial charge in [0.25, 0.3) is 5.91 Å². The minimum atomic E-state index is -0.0375. The number of nitrogens with zero attached hydrogens (tertiary/aromatic N) is 4. The molecule has 182 valence electrons. The number of amides is 1. The van der Waals surface area contributed by atoms with Gasteiger partial charge in [0.1, 0.15) is 0 Å². The normalized spacial score (nSPS) is 16.0. The molecular weight excluding hydrogens is 456 g/mol. The van der Waals surface area contributed by atoms with E-state index in [2.05, 4.69) is 53.6 Å². The number of thioether (sulfide) groups is 1. The van der Waals surface area contributed by atoms with Gasteiger partial charge in [-0.15, -0.1) is 0 Å². The summed E-state index contributed by atoms with van der Waals surface area (Å²) >= 11 is 1.42. The predicted molar refractivity (Wildman–Crippen MR) is 147 cm³/mol. The molecule has 1 amide bonds. The van der Waals surface area contributed by atoms with Crippen molar-refractivity contribution in [1.29, 1.82) is 0 Å². The Morgan fingerprint density at radius 1 is 1.06 bits per heavy atom. The fourth-order valence-electron chi connectivity index (χ4n) is 4.07. The van der Waals surface area contributed by atoms with Crippen molar-refractivity contribution in [3.8, 4) is 5.69 Å². The van der Waals surface area contributed by atoms with Gasteiger partial charge in [-0.1, -0.05) is 18.2 Å². The van der Waals surface area contributed by atoms with E-state index in [9.17, 15) is 4.79 Å². The minimum absolute atomic E-state index is 0.0375. The third-order valence-electron chi connectivity index (χ3n) is 5.91. The number of benzene rings is 2. The SMILES string of the molecule is CCOCCN1C(=O)C(=Cc2cc(C)n(-c3ccc(N(C)C)cc3)c2C)SC1=Nc1ccccc1. The Kier molecular flexibility index (Phi) is 7.78. The smallest absolute Gasteiger partial charge is 0.266 e. The molecule has 2 heterocycles. The Morgan fingerprint density at radius 2 is 1.77 bits per heavy atom. The van der Waals surface area contributed by atoms with Crippen LogP contribution in [0.5, 0.6) is 0 Å². The molecule has 0 radical (unpaired) electrons. The molecule has 0 aliphatic carbocycles. The van der Waals surface area contributed by atoms with Crippen LogP contribution in [0.25, 0.3) is 11.8 Å². The Labute approximate surface area is 211 Å². The summed E-state index contributed by atoms with van der Waals surface area (Å²) in [7, 11) is 4.07. The first-order valence-corrected chi connectivity index (χ1v) is 12.6. The highest BCUT2D eigenvalue weighted by Crippen LogP contribution is 2.35. The van der Waals surface area contributed by atoms with Gasteiger partial charge in [-0.3, -0.25) is 9.69 Å². The summed E-state index contributed by atoms with van der Waals surface area (Å²) in [5, 5.41) is 0.681. The molecule has 0 bridgehead atoms. The van der Waals surface area contributed by atoms with Gasteiger partial charge in [0.2, 0.25) is 0 Å². The molecule has 35 heavy (non-hydrogen) atoms. The number of aromatic nitrogens is 1. The zero-order valence-electron chi connectivity index (χ0n) is 21.0. The lowest BCUT2D eigenvalue weighted by atomic mass is 10.2. The van der Waals surface area contributed by atoms with E-state index in [0.29, 0.717) is 29.8 Å². The van der Waals surface area contributed by atoms with Crippen molar-refractivity contribution in [2.24, 2.45) is 4.99 Å². The highest BCUT2D eigenvalue weighted by Gasteiger charge is 2.33. The van der Waals surface area contributed by atoms with Gasteiger partial charge in [0, 0.05) is 43.5 Å². The summed E-state index contributed by atoms with van der Waals surface area (Å²) in [6.07, 6.45) is 1.99. The highest BCUT2D eigenvalue weighted by atomic mass is 32.2. The average molecular weight is 489 g/mol. The van der Waals surface area contributed by atoms with E-state index in [1.54, 1.807) is 4.90 Å². The van der Waals surface area contributed by atoms with Crippen molar-refractivity contribution in [3.63, 3.8) is 0 Å². The van der Waals surface area contributed by atoms with Crippen LogP contribution in [-0.4, -0.2) is 54.4 Å². The monoisotopic (exact) mass is 488 g/mol. The minimum Gasteiger partial charge on any atom is -0.380 e. The second-order valence-corrected chi connectivity index (χ2v) is 9.58. The van der Waals surface area contributed by atoms with Crippen molar-refractivity contribution in [2.45, 2.75) is 20.8 Å². The molecule has 1 aliphatic rings. The molecule has 0 saturated carbocycles. The number of carbonyl (C=O) groups is 1. The lowest BCUT2D eigenvalue weighted by Crippen LogP contribution is -2.32. The molecule has 0 unspecified atom stereocenters. The second-order valence-electron chi connectivity index (χ2n) is 8.57. The molecule has 1 saturated heterocycles. The second kappa shape index (κ2) is 11.0. The van der Waals surface area contributed by atoms with Gasteiger partial charge >= 0.3 is 0 Å². The third kappa shape index (κ3) is 5.52. The molecule has 0 spiro atoms. The van der Waals surface area contributed by atoms with E-state index in [1.165, 1.54) is 11.8 Å². The molecule has 0 N–H and O–H groups in total. The van der Waals surface area contributed by atoms with Crippen LogP contribution in [0.1, 0.15) is 23.9 Å². The first-order chi connectivity index (χ1) is 16.9. The van der Waals surface area contributed by atoms with E-state index >= 15 is 0 Å². The maximum absolute atomic E-state index is 13.4. The summed E-state index contributed by atoms with van der Waals surface area (Å²) in [6, 6.07) is 20.3. The van der Waals surface area contributed by atoms with Crippen LogP contribution in [-0.2, 0) is 9.53 Å². The fourth-order valence-corrected chi connectivity index (χ4v) is 5.09. The summed E-state index contributed by atoms with van der Waals surface area (Å²) in [4.78, 5) is 22.6. The fraction of sp³-hybridized carbons (Fsp3) is 0.286. The maximum Gasteiger partial charge on any atom is 0.266 e. The largest absolute Gasteiger partial charge is 0.380 e. The van der Waals surface area contributed by atoms with Gasteiger partial charge in [-0.25, -0.2) is 4.99 Å². The Balaban J connectivity index is 1.66. The van der Waals surface area contributed by atoms with E-state index in [1.807, 2.05) is 57.4 Å². The van der Waals surface area contributed by atoms with Crippen molar-refractivity contribution in [3.05, 3.63) is 82.5 Å². The number of carbonyl (C=O) groups excluding carboxylic acids is 1. The summed E-state index contributed by atoms with van der Waals surface area (Å²) in [5.41, 5.74) is 6.32. The van der Waals surface area contributed by atoms with Gasteiger partial charge in [-0.05, 0) is 86.6 Å². The van der Waals surface area contributed by atoms with E-state index in [0.717, 1.165) is 34.0 Å². The Morgan fingerprint density at radius 3 is 2.43 bits per heavy atom. The quantitative estimate of drug-likeness (QED) is 0.297. The lowest BCUT2D eigenvalue weighted by molar-refractivity contribution is -0.122. The predicted octanol–water partition coefficient (Wildman–Crippen LogP) is 5.80. The summed E-state index contributed by atoms with van der Waals surface area (Å²) in [6.45, 7) is 7.70. The zero-order chi connectivity index (χ0) is 24.9. The van der Waals surface area contributed by atoms with Crippen LogP contribution in [0.3, 0.4) is 0 Å². The van der Waals surface area contributed by atoms with Crippen molar-refractivity contribution >= 4 is 40.3 Å². The number of para-hydroxylation sites is 1. The number of ether oxygens (including phenoxy) is 1. The van der Waals surface area contributed by atoms with Crippen LogP contribution in [0.2, 0.25) is 0 Å². The molecule has 4 rings (SSSR count). The number of aryl methyl sites for hydroxylation is 1. The standard InChI is InChI=1S/C28H32N4O2S/c1-6-34-17-16-31-27(33)26(35-28(31)29-23-10-8-7-9-11-23)19-22-18-20(2)32(21(22)3)25-14-12-24(13-15-25)30(4)5/h7-15,18-19H,6,16-17H2,1-5H3. The molecule has 0 atom stereocenters. The topological polar surface area (TPSA) is 50.1 Å². The van der Waals surface area contributed by atoms with Crippen LogP contribution in [0.4, 0.5) is 11.4 Å². The zero-order valence-corrected chi connectivity index (χ0v) is 21.8.